The van der Waals surface area contributed by atoms with Gasteiger partial charge in [0.1, 0.15) is 5.75 Å². The van der Waals surface area contributed by atoms with Gasteiger partial charge in [-0.25, -0.2) is 4.98 Å². The van der Waals surface area contributed by atoms with Crippen molar-refractivity contribution >= 4 is 17.2 Å². The number of amides is 1. The first-order valence-corrected chi connectivity index (χ1v) is 8.57. The molecule has 1 aromatic carbocycles. The second-order valence-electron chi connectivity index (χ2n) is 5.67. The lowest BCUT2D eigenvalue weighted by molar-refractivity contribution is -0.141. The number of likely N-dealkylation sites (tertiary alicyclic amines) is 1. The van der Waals surface area contributed by atoms with E-state index in [4.69, 9.17) is 4.74 Å². The van der Waals surface area contributed by atoms with E-state index < -0.39 is 6.10 Å². The number of benzene rings is 1. The van der Waals surface area contributed by atoms with Crippen LogP contribution in [0.15, 0.2) is 35.8 Å². The quantitative estimate of drug-likeness (QED) is 0.935. The second kappa shape index (κ2) is 7.10. The van der Waals surface area contributed by atoms with Crippen molar-refractivity contribution in [3.63, 3.8) is 0 Å². The first-order chi connectivity index (χ1) is 11.2. The number of nitrogens with zero attached hydrogens (tertiary/aromatic N) is 2. The van der Waals surface area contributed by atoms with Gasteiger partial charge in [0.25, 0.3) is 5.91 Å². The van der Waals surface area contributed by atoms with Gasteiger partial charge >= 0.3 is 0 Å². The van der Waals surface area contributed by atoms with Gasteiger partial charge in [-0.3, -0.25) is 4.79 Å². The molecule has 3 rings (SSSR count). The minimum absolute atomic E-state index is 0.250. The van der Waals surface area contributed by atoms with E-state index in [2.05, 4.69) is 4.98 Å². The van der Waals surface area contributed by atoms with Crippen LogP contribution in [0.1, 0.15) is 35.4 Å². The van der Waals surface area contributed by atoms with Crippen LogP contribution in [0.2, 0.25) is 0 Å². The van der Waals surface area contributed by atoms with Gasteiger partial charge in [0, 0.05) is 30.6 Å². The summed E-state index contributed by atoms with van der Waals surface area (Å²) in [4.78, 5) is 18.7. The number of carbonyl (C=O) groups is 1. The monoisotopic (exact) mass is 332 g/mol. The third-order valence-corrected chi connectivity index (χ3v) is 5.12. The Morgan fingerprint density at radius 1 is 1.52 bits per heavy atom. The summed E-state index contributed by atoms with van der Waals surface area (Å²) in [6.07, 6.45) is 2.61. The highest BCUT2D eigenvalue weighted by Gasteiger charge is 2.30. The normalized spacial score (nSPS) is 19.4. The zero-order valence-corrected chi connectivity index (χ0v) is 13.8. The van der Waals surface area contributed by atoms with E-state index in [-0.39, 0.29) is 11.8 Å². The standard InChI is InChI=1S/C17H20N2O3S/c1-22-14-6-2-4-12(10-14)15(20)17(21)19-8-3-5-13(11-19)16-18-7-9-23-16/h2,4,6-7,9-10,13,15,20H,3,5,8,11H2,1H3. The number of hydrogen-bond acceptors (Lipinski definition) is 5. The molecule has 5 nitrogen and oxygen atoms in total. The van der Waals surface area contributed by atoms with Gasteiger partial charge in [0.05, 0.1) is 12.1 Å². The molecule has 1 aliphatic rings. The van der Waals surface area contributed by atoms with Crippen LogP contribution in [-0.4, -0.2) is 41.1 Å². The third-order valence-electron chi connectivity index (χ3n) is 4.18. The summed E-state index contributed by atoms with van der Waals surface area (Å²) in [6, 6.07) is 7.01. The number of piperidine rings is 1. The molecule has 6 heteroatoms. The van der Waals surface area contributed by atoms with Gasteiger partial charge in [-0.1, -0.05) is 12.1 Å². The number of carbonyl (C=O) groups excluding carboxylic acids is 1. The number of aliphatic hydroxyl groups is 1. The summed E-state index contributed by atoms with van der Waals surface area (Å²) in [5.41, 5.74) is 0.561. The zero-order valence-electron chi connectivity index (χ0n) is 13.0. The number of thiazole rings is 1. The Kier molecular flexibility index (Phi) is 4.93. The fraction of sp³-hybridized carbons (Fsp3) is 0.412. The Morgan fingerprint density at radius 3 is 3.13 bits per heavy atom. The zero-order chi connectivity index (χ0) is 16.2. The van der Waals surface area contributed by atoms with E-state index in [1.807, 2.05) is 5.38 Å². The van der Waals surface area contributed by atoms with Gasteiger partial charge in [-0.05, 0) is 30.5 Å². The van der Waals surface area contributed by atoms with Crippen molar-refractivity contribution in [3.05, 3.63) is 46.4 Å². The highest BCUT2D eigenvalue weighted by molar-refractivity contribution is 7.09. The fourth-order valence-corrected chi connectivity index (χ4v) is 3.71. The molecular formula is C17H20N2O3S. The molecule has 1 aromatic heterocycles. The largest absolute Gasteiger partial charge is 0.497 e. The first kappa shape index (κ1) is 16.0. The van der Waals surface area contributed by atoms with Crippen molar-refractivity contribution in [2.45, 2.75) is 24.9 Å². The van der Waals surface area contributed by atoms with Crippen LogP contribution >= 0.6 is 11.3 Å². The molecule has 122 valence electrons. The van der Waals surface area contributed by atoms with Crippen LogP contribution in [-0.2, 0) is 4.79 Å². The summed E-state index contributed by atoms with van der Waals surface area (Å²) in [6.45, 7) is 1.30. The smallest absolute Gasteiger partial charge is 0.256 e. The molecule has 0 radical (unpaired) electrons. The lowest BCUT2D eigenvalue weighted by atomic mass is 9.97. The van der Waals surface area contributed by atoms with E-state index >= 15 is 0 Å². The van der Waals surface area contributed by atoms with E-state index in [0.29, 0.717) is 24.4 Å². The number of hydrogen-bond donors (Lipinski definition) is 1. The Hall–Kier alpha value is -1.92. The summed E-state index contributed by atoms with van der Waals surface area (Å²) < 4.78 is 5.15. The van der Waals surface area contributed by atoms with Gasteiger partial charge < -0.3 is 14.7 Å². The molecule has 0 saturated carbocycles. The summed E-state index contributed by atoms with van der Waals surface area (Å²) in [5, 5.41) is 13.4. The minimum Gasteiger partial charge on any atom is -0.497 e. The molecule has 0 spiro atoms. The van der Waals surface area contributed by atoms with Gasteiger partial charge in [0.15, 0.2) is 6.10 Å². The number of aliphatic hydroxyl groups excluding tert-OH is 1. The van der Waals surface area contributed by atoms with Gasteiger partial charge in [-0.2, -0.15) is 0 Å². The molecule has 2 heterocycles. The van der Waals surface area contributed by atoms with Crippen molar-refractivity contribution in [2.24, 2.45) is 0 Å². The van der Waals surface area contributed by atoms with E-state index in [1.54, 1.807) is 53.8 Å². The Morgan fingerprint density at radius 2 is 2.39 bits per heavy atom. The molecule has 1 aliphatic heterocycles. The minimum atomic E-state index is -1.15. The summed E-state index contributed by atoms with van der Waals surface area (Å²) in [7, 11) is 1.57. The molecule has 0 aliphatic carbocycles. The number of rotatable bonds is 4. The van der Waals surface area contributed by atoms with Crippen molar-refractivity contribution < 1.29 is 14.6 Å². The van der Waals surface area contributed by atoms with E-state index in [1.165, 1.54) is 0 Å². The molecule has 2 aromatic rings. The van der Waals surface area contributed by atoms with Crippen LogP contribution in [0.25, 0.3) is 0 Å². The predicted molar refractivity (Wildman–Crippen MR) is 88.6 cm³/mol. The molecule has 23 heavy (non-hydrogen) atoms. The Balaban J connectivity index is 1.71. The van der Waals surface area contributed by atoms with E-state index in [9.17, 15) is 9.90 Å². The molecule has 1 amide bonds. The average molecular weight is 332 g/mol. The molecule has 1 saturated heterocycles. The van der Waals surface area contributed by atoms with Crippen LogP contribution in [0.5, 0.6) is 5.75 Å². The molecular weight excluding hydrogens is 312 g/mol. The van der Waals surface area contributed by atoms with Crippen molar-refractivity contribution in [2.75, 3.05) is 20.2 Å². The maximum absolute atomic E-state index is 12.6. The average Bonchev–Trinajstić information content (AvgIpc) is 3.15. The lowest BCUT2D eigenvalue weighted by Gasteiger charge is -2.33. The van der Waals surface area contributed by atoms with Gasteiger partial charge in [-0.15, -0.1) is 11.3 Å². The highest BCUT2D eigenvalue weighted by atomic mass is 32.1. The predicted octanol–water partition coefficient (Wildman–Crippen LogP) is 2.59. The van der Waals surface area contributed by atoms with Gasteiger partial charge in [0.2, 0.25) is 0 Å². The Labute approximate surface area is 139 Å². The third kappa shape index (κ3) is 3.54. The van der Waals surface area contributed by atoms with Crippen LogP contribution in [0, 0.1) is 0 Å². The Bertz CT molecular complexity index is 660. The summed E-state index contributed by atoms with van der Waals surface area (Å²) in [5.74, 6) is 0.651. The van der Waals surface area contributed by atoms with Crippen LogP contribution < -0.4 is 4.74 Å². The molecule has 0 bridgehead atoms. The molecule has 1 N–H and O–H groups in total. The van der Waals surface area contributed by atoms with Crippen molar-refractivity contribution in [1.82, 2.24) is 9.88 Å². The van der Waals surface area contributed by atoms with Crippen LogP contribution in [0.4, 0.5) is 0 Å². The summed E-state index contributed by atoms with van der Waals surface area (Å²) >= 11 is 1.62. The van der Waals surface area contributed by atoms with Crippen LogP contribution in [0.3, 0.4) is 0 Å². The van der Waals surface area contributed by atoms with Crippen molar-refractivity contribution in [1.29, 1.82) is 0 Å². The molecule has 2 atom stereocenters. The SMILES string of the molecule is COc1cccc(C(O)C(=O)N2CCCC(c3nccs3)C2)c1. The highest BCUT2D eigenvalue weighted by Crippen LogP contribution is 2.30. The number of methoxy groups -OCH3 is 1. The maximum atomic E-state index is 12.6. The number of aromatic nitrogens is 1. The van der Waals surface area contributed by atoms with Crippen molar-refractivity contribution in [3.8, 4) is 5.75 Å². The maximum Gasteiger partial charge on any atom is 0.256 e. The first-order valence-electron chi connectivity index (χ1n) is 7.69. The number of ether oxygens (including phenoxy) is 1. The second-order valence-corrected chi connectivity index (χ2v) is 6.60. The van der Waals surface area contributed by atoms with E-state index in [0.717, 1.165) is 17.8 Å². The lowest BCUT2D eigenvalue weighted by Crippen LogP contribution is -2.41. The molecule has 2 unspecified atom stereocenters. The topological polar surface area (TPSA) is 62.7 Å². The fourth-order valence-electron chi connectivity index (χ4n) is 2.94. The molecule has 1 fully saturated rings.